The molecule has 1 aliphatic rings. The Morgan fingerprint density at radius 2 is 2.11 bits per heavy atom. The second-order valence-corrected chi connectivity index (χ2v) is 6.67. The Balaban J connectivity index is 2.47. The molecule has 1 N–H and O–H groups in total. The molecule has 0 amide bonds. The lowest BCUT2D eigenvalue weighted by Crippen LogP contribution is -2.19. The van der Waals surface area contributed by atoms with Gasteiger partial charge in [-0.15, -0.1) is 0 Å². The van der Waals surface area contributed by atoms with Crippen LogP contribution in [0.3, 0.4) is 0 Å². The maximum atomic E-state index is 5.71. The number of ether oxygens (including phenoxy) is 1. The van der Waals surface area contributed by atoms with E-state index in [9.17, 15) is 0 Å². The zero-order chi connectivity index (χ0) is 14.0. The predicted molar refractivity (Wildman–Crippen MR) is 80.5 cm³/mol. The van der Waals surface area contributed by atoms with Crippen LogP contribution in [0, 0.1) is 0 Å². The Bertz CT molecular complexity index is 451. The van der Waals surface area contributed by atoms with Gasteiger partial charge in [0.1, 0.15) is 11.9 Å². The lowest BCUT2D eigenvalue weighted by Gasteiger charge is -2.23. The van der Waals surface area contributed by atoms with Crippen LogP contribution in [0.1, 0.15) is 58.2 Å². The van der Waals surface area contributed by atoms with E-state index in [1.165, 1.54) is 0 Å². The van der Waals surface area contributed by atoms with Gasteiger partial charge in [-0.05, 0) is 35.7 Å². The zero-order valence-electron chi connectivity index (χ0n) is 12.1. The van der Waals surface area contributed by atoms with Crippen LogP contribution in [0.2, 0.25) is 0 Å². The average Bonchev–Trinajstić information content (AvgIpc) is 2.84. The van der Waals surface area contributed by atoms with Crippen molar-refractivity contribution in [3.8, 4) is 0 Å². The van der Waals surface area contributed by atoms with E-state index in [0.29, 0.717) is 0 Å². The highest BCUT2D eigenvalue weighted by Gasteiger charge is 2.27. The Hall–Kier alpha value is -0.680. The average molecular weight is 328 g/mol. The van der Waals surface area contributed by atoms with Crippen molar-refractivity contribution in [1.82, 2.24) is 9.97 Å². The topological polar surface area (TPSA) is 47.0 Å². The molecule has 0 aromatic carbocycles. The highest BCUT2D eigenvalue weighted by molar-refractivity contribution is 9.10. The summed E-state index contributed by atoms with van der Waals surface area (Å²) in [5, 5.41) is 3.30. The minimum Gasteiger partial charge on any atom is -0.370 e. The standard InChI is InChI=1S/C14H22BrN3O/c1-5-16-13-10(15)11(14(2,3)4)17-12(18-13)9-7-6-8-19-9/h9H,5-8H2,1-4H3,(H,16,17,18). The van der Waals surface area contributed by atoms with E-state index < -0.39 is 0 Å². The summed E-state index contributed by atoms with van der Waals surface area (Å²) in [6, 6.07) is 0. The minimum atomic E-state index is -0.0285. The van der Waals surface area contributed by atoms with Crippen LogP contribution in [0.5, 0.6) is 0 Å². The molecule has 2 heterocycles. The summed E-state index contributed by atoms with van der Waals surface area (Å²) in [4.78, 5) is 9.37. The van der Waals surface area contributed by atoms with Gasteiger partial charge in [-0.3, -0.25) is 0 Å². The van der Waals surface area contributed by atoms with E-state index >= 15 is 0 Å². The van der Waals surface area contributed by atoms with Crippen LogP contribution in [-0.4, -0.2) is 23.1 Å². The van der Waals surface area contributed by atoms with E-state index in [1.807, 2.05) is 0 Å². The first kappa shape index (κ1) is 14.7. The number of halogens is 1. The van der Waals surface area contributed by atoms with Gasteiger partial charge < -0.3 is 10.1 Å². The molecular formula is C14H22BrN3O. The maximum Gasteiger partial charge on any atom is 0.159 e. The van der Waals surface area contributed by atoms with Crippen molar-refractivity contribution in [3.63, 3.8) is 0 Å². The number of anilines is 1. The number of nitrogens with zero attached hydrogens (tertiary/aromatic N) is 2. The first-order valence-electron chi connectivity index (χ1n) is 6.87. The summed E-state index contributed by atoms with van der Waals surface area (Å²) in [5.41, 5.74) is 1.00. The second kappa shape index (κ2) is 5.75. The molecule has 0 saturated carbocycles. The number of hydrogen-bond acceptors (Lipinski definition) is 4. The largest absolute Gasteiger partial charge is 0.370 e. The molecule has 1 saturated heterocycles. The molecule has 1 aliphatic heterocycles. The summed E-state index contributed by atoms with van der Waals surface area (Å²) in [6.07, 6.45) is 2.15. The van der Waals surface area contributed by atoms with Crippen LogP contribution in [0.15, 0.2) is 4.47 Å². The number of aromatic nitrogens is 2. The quantitative estimate of drug-likeness (QED) is 0.916. The molecule has 19 heavy (non-hydrogen) atoms. The monoisotopic (exact) mass is 327 g/mol. The van der Waals surface area contributed by atoms with Crippen molar-refractivity contribution in [1.29, 1.82) is 0 Å². The number of hydrogen-bond donors (Lipinski definition) is 1. The van der Waals surface area contributed by atoms with Gasteiger partial charge in [-0.25, -0.2) is 9.97 Å². The van der Waals surface area contributed by atoms with Crippen molar-refractivity contribution in [2.45, 2.75) is 52.1 Å². The van der Waals surface area contributed by atoms with E-state index in [4.69, 9.17) is 9.72 Å². The van der Waals surface area contributed by atoms with E-state index in [1.54, 1.807) is 0 Å². The molecule has 0 bridgehead atoms. The van der Waals surface area contributed by atoms with Gasteiger partial charge in [-0.1, -0.05) is 20.8 Å². The van der Waals surface area contributed by atoms with Crippen LogP contribution in [-0.2, 0) is 10.2 Å². The van der Waals surface area contributed by atoms with E-state index in [2.05, 4.69) is 53.9 Å². The first-order valence-corrected chi connectivity index (χ1v) is 7.66. The van der Waals surface area contributed by atoms with Crippen molar-refractivity contribution >= 4 is 21.7 Å². The third-order valence-corrected chi connectivity index (χ3v) is 3.89. The molecule has 1 aromatic rings. The third kappa shape index (κ3) is 3.26. The lowest BCUT2D eigenvalue weighted by atomic mass is 9.91. The Morgan fingerprint density at radius 3 is 2.63 bits per heavy atom. The fraction of sp³-hybridized carbons (Fsp3) is 0.714. The van der Waals surface area contributed by atoms with Gasteiger partial charge in [0.05, 0.1) is 10.2 Å². The fourth-order valence-electron chi connectivity index (χ4n) is 2.17. The van der Waals surface area contributed by atoms with Gasteiger partial charge in [0, 0.05) is 18.6 Å². The maximum absolute atomic E-state index is 5.71. The molecule has 4 nitrogen and oxygen atoms in total. The summed E-state index contributed by atoms with van der Waals surface area (Å²) in [5.74, 6) is 1.68. The van der Waals surface area contributed by atoms with Gasteiger partial charge >= 0.3 is 0 Å². The predicted octanol–water partition coefficient (Wildman–Crippen LogP) is 3.82. The van der Waals surface area contributed by atoms with Crippen LogP contribution < -0.4 is 5.32 Å². The highest BCUT2D eigenvalue weighted by atomic mass is 79.9. The lowest BCUT2D eigenvalue weighted by molar-refractivity contribution is 0.104. The molecule has 1 atom stereocenters. The van der Waals surface area contributed by atoms with Crippen LogP contribution in [0.25, 0.3) is 0 Å². The normalized spacial score (nSPS) is 19.7. The second-order valence-electron chi connectivity index (χ2n) is 5.87. The number of rotatable bonds is 3. The molecule has 1 fully saturated rings. The highest BCUT2D eigenvalue weighted by Crippen LogP contribution is 2.35. The van der Waals surface area contributed by atoms with E-state index in [0.717, 1.165) is 47.8 Å². The van der Waals surface area contributed by atoms with E-state index in [-0.39, 0.29) is 11.5 Å². The summed E-state index contributed by atoms with van der Waals surface area (Å²) in [7, 11) is 0. The molecule has 1 unspecified atom stereocenters. The molecule has 1 aromatic heterocycles. The Labute approximate surface area is 123 Å². The number of nitrogens with one attached hydrogen (secondary N) is 1. The molecule has 0 spiro atoms. The van der Waals surface area contributed by atoms with Gasteiger partial charge in [0.15, 0.2) is 5.82 Å². The molecular weight excluding hydrogens is 306 g/mol. The van der Waals surface area contributed by atoms with Crippen molar-refractivity contribution in [3.05, 3.63) is 16.0 Å². The van der Waals surface area contributed by atoms with Gasteiger partial charge in [0.2, 0.25) is 0 Å². The van der Waals surface area contributed by atoms with Crippen molar-refractivity contribution in [2.24, 2.45) is 0 Å². The molecule has 106 valence electrons. The Kier molecular flexibility index (Phi) is 4.46. The molecule has 2 rings (SSSR count). The van der Waals surface area contributed by atoms with Gasteiger partial charge in [0.25, 0.3) is 0 Å². The first-order chi connectivity index (χ1) is 8.93. The molecule has 5 heteroatoms. The van der Waals surface area contributed by atoms with Crippen molar-refractivity contribution < 1.29 is 4.74 Å². The minimum absolute atomic E-state index is 0.0285. The zero-order valence-corrected chi connectivity index (χ0v) is 13.7. The SMILES string of the molecule is CCNc1nc(C2CCCO2)nc(C(C)(C)C)c1Br. The Morgan fingerprint density at radius 1 is 1.37 bits per heavy atom. The smallest absolute Gasteiger partial charge is 0.159 e. The fourth-order valence-corrected chi connectivity index (χ4v) is 3.08. The summed E-state index contributed by atoms with van der Waals surface area (Å²) >= 11 is 3.63. The molecule has 0 aliphatic carbocycles. The van der Waals surface area contributed by atoms with Gasteiger partial charge in [-0.2, -0.15) is 0 Å². The van der Waals surface area contributed by atoms with Crippen LogP contribution in [0.4, 0.5) is 5.82 Å². The third-order valence-electron chi connectivity index (χ3n) is 3.14. The summed E-state index contributed by atoms with van der Waals surface area (Å²) in [6.45, 7) is 10.2. The summed E-state index contributed by atoms with van der Waals surface area (Å²) < 4.78 is 6.67. The molecule has 0 radical (unpaired) electrons. The van der Waals surface area contributed by atoms with Crippen molar-refractivity contribution in [2.75, 3.05) is 18.5 Å². The van der Waals surface area contributed by atoms with Crippen LogP contribution >= 0.6 is 15.9 Å².